The summed E-state index contributed by atoms with van der Waals surface area (Å²) >= 11 is 0. The van der Waals surface area contributed by atoms with Gasteiger partial charge in [-0.2, -0.15) is 0 Å². The Hall–Kier alpha value is -1.86. The van der Waals surface area contributed by atoms with Gasteiger partial charge in [0.25, 0.3) is 0 Å². The maximum absolute atomic E-state index is 12.1. The summed E-state index contributed by atoms with van der Waals surface area (Å²) in [4.78, 5) is 7.00. The lowest BCUT2D eigenvalue weighted by Gasteiger charge is -2.07. The van der Waals surface area contributed by atoms with E-state index in [0.29, 0.717) is 18.2 Å². The zero-order valence-corrected chi connectivity index (χ0v) is 12.0. The van der Waals surface area contributed by atoms with Crippen LogP contribution in [-0.2, 0) is 16.6 Å². The Morgan fingerprint density at radius 2 is 2.05 bits per heavy atom. The molecule has 0 fully saturated rings. The molecule has 0 bridgehead atoms. The van der Waals surface area contributed by atoms with Gasteiger partial charge in [-0.05, 0) is 30.7 Å². The van der Waals surface area contributed by atoms with E-state index in [1.54, 1.807) is 24.5 Å². The van der Waals surface area contributed by atoms with Crippen LogP contribution < -0.4 is 9.46 Å². The Bertz CT molecular complexity index is 621. The third kappa shape index (κ3) is 3.82. The number of imidazole rings is 1. The monoisotopic (exact) mass is 295 g/mol. The van der Waals surface area contributed by atoms with Crippen molar-refractivity contribution < 1.29 is 13.2 Å². The number of hydrogen-bond acceptors (Lipinski definition) is 4. The first kappa shape index (κ1) is 14.5. The van der Waals surface area contributed by atoms with E-state index in [0.717, 1.165) is 6.42 Å². The normalized spacial score (nSPS) is 11.4. The molecule has 1 heterocycles. The number of sulfonamides is 1. The fraction of sp³-hybridized carbons (Fsp3) is 0.308. The summed E-state index contributed by atoms with van der Waals surface area (Å²) in [6.07, 6.45) is 4.12. The molecular formula is C13H17N3O3S. The van der Waals surface area contributed by atoms with Crippen LogP contribution in [0.1, 0.15) is 19.2 Å². The van der Waals surface area contributed by atoms with Crippen LogP contribution in [-0.4, -0.2) is 25.0 Å². The van der Waals surface area contributed by atoms with Crippen molar-refractivity contribution >= 4 is 10.0 Å². The fourth-order valence-electron chi connectivity index (χ4n) is 1.58. The van der Waals surface area contributed by atoms with Gasteiger partial charge in [0, 0.05) is 12.4 Å². The van der Waals surface area contributed by atoms with Gasteiger partial charge in [-0.1, -0.05) is 6.92 Å². The third-order valence-electron chi connectivity index (χ3n) is 2.59. The Balaban J connectivity index is 2.01. The highest BCUT2D eigenvalue weighted by atomic mass is 32.2. The molecule has 0 aliphatic rings. The molecule has 1 aromatic heterocycles. The molecule has 108 valence electrons. The van der Waals surface area contributed by atoms with E-state index in [1.165, 1.54) is 12.1 Å². The van der Waals surface area contributed by atoms with Crippen molar-refractivity contribution in [2.75, 3.05) is 6.61 Å². The smallest absolute Gasteiger partial charge is 0.240 e. The minimum atomic E-state index is -3.54. The summed E-state index contributed by atoms with van der Waals surface area (Å²) in [5, 5.41) is 0. The second kappa shape index (κ2) is 6.53. The summed E-state index contributed by atoms with van der Waals surface area (Å²) in [5.41, 5.74) is 0. The van der Waals surface area contributed by atoms with Gasteiger partial charge in [0.1, 0.15) is 11.6 Å². The first-order valence-electron chi connectivity index (χ1n) is 6.32. The largest absolute Gasteiger partial charge is 0.494 e. The summed E-state index contributed by atoms with van der Waals surface area (Å²) < 4.78 is 32.0. The number of hydrogen-bond donors (Lipinski definition) is 2. The number of ether oxygens (including phenoxy) is 1. The van der Waals surface area contributed by atoms with Crippen LogP contribution in [0.15, 0.2) is 41.6 Å². The van der Waals surface area contributed by atoms with Crippen LogP contribution in [0.5, 0.6) is 5.75 Å². The topological polar surface area (TPSA) is 84.1 Å². The Morgan fingerprint density at radius 1 is 1.30 bits per heavy atom. The van der Waals surface area contributed by atoms with Crippen LogP contribution in [0, 0.1) is 0 Å². The molecule has 7 heteroatoms. The van der Waals surface area contributed by atoms with Crippen molar-refractivity contribution in [3.8, 4) is 5.75 Å². The highest BCUT2D eigenvalue weighted by molar-refractivity contribution is 7.89. The van der Waals surface area contributed by atoms with E-state index < -0.39 is 10.0 Å². The van der Waals surface area contributed by atoms with Crippen LogP contribution in [0.25, 0.3) is 0 Å². The number of aromatic amines is 1. The number of benzene rings is 1. The molecule has 2 aromatic rings. The predicted octanol–water partition coefficient (Wildman–Crippen LogP) is 1.68. The van der Waals surface area contributed by atoms with Crippen molar-refractivity contribution in [1.82, 2.24) is 14.7 Å². The van der Waals surface area contributed by atoms with Gasteiger partial charge >= 0.3 is 0 Å². The molecule has 2 rings (SSSR count). The average molecular weight is 295 g/mol. The summed E-state index contributed by atoms with van der Waals surface area (Å²) in [5.74, 6) is 1.23. The van der Waals surface area contributed by atoms with Crippen LogP contribution in [0.2, 0.25) is 0 Å². The van der Waals surface area contributed by atoms with Gasteiger partial charge in [0.05, 0.1) is 18.0 Å². The fourth-order valence-corrected chi connectivity index (χ4v) is 2.56. The molecule has 0 aliphatic heterocycles. The summed E-state index contributed by atoms with van der Waals surface area (Å²) in [6, 6.07) is 6.35. The highest BCUT2D eigenvalue weighted by Crippen LogP contribution is 2.16. The van der Waals surface area contributed by atoms with Crippen molar-refractivity contribution in [3.63, 3.8) is 0 Å². The van der Waals surface area contributed by atoms with E-state index in [9.17, 15) is 8.42 Å². The maximum atomic E-state index is 12.1. The molecule has 0 saturated carbocycles. The van der Waals surface area contributed by atoms with Gasteiger partial charge in [0.15, 0.2) is 0 Å². The SMILES string of the molecule is CCCOc1ccc(S(=O)(=O)NCc2ncc[nH]2)cc1. The van der Waals surface area contributed by atoms with Crippen LogP contribution in [0.4, 0.5) is 0 Å². The first-order valence-corrected chi connectivity index (χ1v) is 7.81. The third-order valence-corrected chi connectivity index (χ3v) is 4.01. The molecule has 2 N–H and O–H groups in total. The van der Waals surface area contributed by atoms with Gasteiger partial charge in [-0.25, -0.2) is 18.1 Å². The van der Waals surface area contributed by atoms with Gasteiger partial charge < -0.3 is 9.72 Å². The second-order valence-electron chi connectivity index (χ2n) is 4.18. The zero-order valence-electron chi connectivity index (χ0n) is 11.2. The minimum Gasteiger partial charge on any atom is -0.494 e. The molecule has 1 aromatic carbocycles. The molecule has 0 atom stereocenters. The van der Waals surface area contributed by atoms with Crippen molar-refractivity contribution in [3.05, 3.63) is 42.5 Å². The zero-order chi connectivity index (χ0) is 14.4. The molecule has 0 amide bonds. The van der Waals surface area contributed by atoms with E-state index >= 15 is 0 Å². The molecule has 0 unspecified atom stereocenters. The quantitative estimate of drug-likeness (QED) is 0.814. The van der Waals surface area contributed by atoms with Crippen molar-refractivity contribution in [2.45, 2.75) is 24.8 Å². The van der Waals surface area contributed by atoms with Gasteiger partial charge in [0.2, 0.25) is 10.0 Å². The van der Waals surface area contributed by atoms with E-state index in [-0.39, 0.29) is 11.4 Å². The van der Waals surface area contributed by atoms with Crippen molar-refractivity contribution in [1.29, 1.82) is 0 Å². The average Bonchev–Trinajstić information content (AvgIpc) is 2.97. The minimum absolute atomic E-state index is 0.128. The standard InChI is InChI=1S/C13H17N3O3S/c1-2-9-19-11-3-5-12(6-4-11)20(17,18)16-10-13-14-7-8-15-13/h3-8,16H,2,9-10H2,1H3,(H,14,15). The van der Waals surface area contributed by atoms with E-state index in [4.69, 9.17) is 4.74 Å². The maximum Gasteiger partial charge on any atom is 0.240 e. The second-order valence-corrected chi connectivity index (χ2v) is 5.95. The Labute approximate surface area is 118 Å². The molecular weight excluding hydrogens is 278 g/mol. The van der Waals surface area contributed by atoms with Gasteiger partial charge in [-0.3, -0.25) is 0 Å². The van der Waals surface area contributed by atoms with Crippen LogP contribution >= 0.6 is 0 Å². The van der Waals surface area contributed by atoms with E-state index in [1.807, 2.05) is 6.92 Å². The number of nitrogens with zero attached hydrogens (tertiary/aromatic N) is 1. The van der Waals surface area contributed by atoms with E-state index in [2.05, 4.69) is 14.7 Å². The number of aromatic nitrogens is 2. The molecule has 6 nitrogen and oxygen atoms in total. The number of rotatable bonds is 7. The lowest BCUT2D eigenvalue weighted by atomic mass is 10.3. The molecule has 0 radical (unpaired) electrons. The number of nitrogens with one attached hydrogen (secondary N) is 2. The summed E-state index contributed by atoms with van der Waals surface area (Å²) in [6.45, 7) is 2.75. The lowest BCUT2D eigenvalue weighted by molar-refractivity contribution is 0.317. The molecule has 0 saturated heterocycles. The molecule has 0 spiro atoms. The van der Waals surface area contributed by atoms with Crippen LogP contribution in [0.3, 0.4) is 0 Å². The lowest BCUT2D eigenvalue weighted by Crippen LogP contribution is -2.23. The Kier molecular flexibility index (Phi) is 4.75. The summed E-state index contributed by atoms with van der Waals surface area (Å²) in [7, 11) is -3.54. The number of H-pyrrole nitrogens is 1. The van der Waals surface area contributed by atoms with Gasteiger partial charge in [-0.15, -0.1) is 0 Å². The van der Waals surface area contributed by atoms with Crippen molar-refractivity contribution in [2.24, 2.45) is 0 Å². The molecule has 20 heavy (non-hydrogen) atoms. The predicted molar refractivity (Wildman–Crippen MR) is 74.8 cm³/mol. The molecule has 0 aliphatic carbocycles. The Morgan fingerprint density at radius 3 is 2.65 bits per heavy atom. The highest BCUT2D eigenvalue weighted by Gasteiger charge is 2.14. The first-order chi connectivity index (χ1) is 9.62.